The van der Waals surface area contributed by atoms with E-state index in [2.05, 4.69) is 37.4 Å². The summed E-state index contributed by atoms with van der Waals surface area (Å²) in [4.78, 5) is 12.7. The lowest BCUT2D eigenvalue weighted by Crippen LogP contribution is -2.46. The summed E-state index contributed by atoms with van der Waals surface area (Å²) in [6.45, 7) is 5.45. The smallest absolute Gasteiger partial charge is 0.343 e. The van der Waals surface area contributed by atoms with Crippen LogP contribution in [-0.2, 0) is 13.0 Å². The average molecular weight is 600 g/mol. The van der Waals surface area contributed by atoms with Gasteiger partial charge in [0.05, 0.1) is 25.4 Å². The maximum Gasteiger partial charge on any atom is 0.343 e. The molecular formula is C37H45NO6. The summed E-state index contributed by atoms with van der Waals surface area (Å²) in [6.07, 6.45) is 6.80. The summed E-state index contributed by atoms with van der Waals surface area (Å²) in [5.41, 5.74) is 3.87. The molecule has 6 rings (SSSR count). The number of hydrogen-bond acceptors (Lipinski definition) is 7. The summed E-state index contributed by atoms with van der Waals surface area (Å²) < 4.78 is 16.7. The first-order valence-corrected chi connectivity index (χ1v) is 16.2. The van der Waals surface area contributed by atoms with Crippen LogP contribution in [0.3, 0.4) is 0 Å². The molecule has 0 aromatic heterocycles. The fourth-order valence-corrected chi connectivity index (χ4v) is 8.09. The van der Waals surface area contributed by atoms with Gasteiger partial charge < -0.3 is 29.7 Å². The largest absolute Gasteiger partial charge is 0.507 e. The Morgan fingerprint density at radius 3 is 2.55 bits per heavy atom. The minimum absolute atomic E-state index is 0.0492. The standard InChI is InChI=1S/C37H45NO6/c1-4-5-18-43-26-10-6-23(7-11-26)36(41)44-28-12-8-25(34(39)20-28)22-38-33-21-32-31-14-9-24-19-27(42-3)13-15-29(24)30(31)16-17-37(32,2)35(33)40/h6-8,10-13,15,19-20,30-33,35,38-40H,4-5,9,14,16-18,21-22H2,1-3H3/t30?,31?,32?,33-,35-,37-/m0/s1. The van der Waals surface area contributed by atoms with Gasteiger partial charge in [0.1, 0.15) is 23.0 Å². The topological polar surface area (TPSA) is 97.3 Å². The van der Waals surface area contributed by atoms with Gasteiger partial charge in [0.25, 0.3) is 0 Å². The number of unbranched alkanes of at least 4 members (excludes halogenated alkanes) is 1. The van der Waals surface area contributed by atoms with Crippen LogP contribution in [-0.4, -0.2) is 42.0 Å². The van der Waals surface area contributed by atoms with E-state index in [1.54, 1.807) is 43.5 Å². The normalized spacial score (nSPS) is 27.1. The number of aliphatic hydroxyl groups is 1. The fraction of sp³-hybridized carbons (Fsp3) is 0.486. The van der Waals surface area contributed by atoms with Gasteiger partial charge in [-0.2, -0.15) is 0 Å². The minimum atomic E-state index is -0.497. The minimum Gasteiger partial charge on any atom is -0.507 e. The molecular weight excluding hydrogens is 554 g/mol. The van der Waals surface area contributed by atoms with E-state index in [4.69, 9.17) is 14.2 Å². The van der Waals surface area contributed by atoms with Crippen LogP contribution >= 0.6 is 0 Å². The molecule has 7 heteroatoms. The van der Waals surface area contributed by atoms with Crippen LogP contribution in [0.5, 0.6) is 23.0 Å². The van der Waals surface area contributed by atoms with Gasteiger partial charge in [0.15, 0.2) is 0 Å². The summed E-state index contributed by atoms with van der Waals surface area (Å²) in [5.74, 6) is 3.01. The molecule has 44 heavy (non-hydrogen) atoms. The van der Waals surface area contributed by atoms with Crippen LogP contribution in [0.2, 0.25) is 0 Å². The van der Waals surface area contributed by atoms with Crippen molar-refractivity contribution in [2.75, 3.05) is 13.7 Å². The molecule has 0 radical (unpaired) electrons. The van der Waals surface area contributed by atoms with Gasteiger partial charge in [0.2, 0.25) is 0 Å². The molecule has 0 heterocycles. The summed E-state index contributed by atoms with van der Waals surface area (Å²) in [7, 11) is 1.72. The molecule has 3 N–H and O–H groups in total. The molecule has 234 valence electrons. The van der Waals surface area contributed by atoms with E-state index in [-0.39, 0.29) is 23.0 Å². The third kappa shape index (κ3) is 5.92. The van der Waals surface area contributed by atoms with E-state index in [1.807, 2.05) is 0 Å². The number of carbonyl (C=O) groups excluding carboxylic acids is 1. The predicted molar refractivity (Wildman–Crippen MR) is 170 cm³/mol. The van der Waals surface area contributed by atoms with Gasteiger partial charge in [-0.05, 0) is 115 Å². The highest BCUT2D eigenvalue weighted by molar-refractivity contribution is 5.91. The number of aliphatic hydroxyl groups excluding tert-OH is 1. The molecule has 6 atom stereocenters. The van der Waals surface area contributed by atoms with Crippen molar-refractivity contribution in [3.8, 4) is 23.0 Å². The Morgan fingerprint density at radius 2 is 1.80 bits per heavy atom. The number of aryl methyl sites for hydroxylation is 1. The highest BCUT2D eigenvalue weighted by Gasteiger charge is 2.57. The number of aromatic hydroxyl groups is 1. The highest BCUT2D eigenvalue weighted by Crippen LogP contribution is 2.61. The van der Waals surface area contributed by atoms with Gasteiger partial charge in [-0.15, -0.1) is 0 Å². The first kappa shape index (κ1) is 30.5. The van der Waals surface area contributed by atoms with E-state index in [0.29, 0.717) is 42.0 Å². The number of methoxy groups -OCH3 is 1. The van der Waals surface area contributed by atoms with Crippen LogP contribution in [0, 0.1) is 17.3 Å². The van der Waals surface area contributed by atoms with Gasteiger partial charge >= 0.3 is 5.97 Å². The van der Waals surface area contributed by atoms with Gasteiger partial charge in [-0.3, -0.25) is 0 Å². The molecule has 0 spiro atoms. The highest BCUT2D eigenvalue weighted by atomic mass is 16.5. The zero-order valence-electron chi connectivity index (χ0n) is 26.1. The number of carbonyl (C=O) groups is 1. The zero-order valence-corrected chi connectivity index (χ0v) is 26.1. The van der Waals surface area contributed by atoms with Crippen LogP contribution in [0.1, 0.15) is 85.3 Å². The molecule has 7 nitrogen and oxygen atoms in total. The maximum atomic E-state index is 12.7. The monoisotopic (exact) mass is 599 g/mol. The Labute approximate surface area is 260 Å². The second kappa shape index (κ2) is 12.8. The molecule has 0 saturated heterocycles. The fourth-order valence-electron chi connectivity index (χ4n) is 8.09. The first-order chi connectivity index (χ1) is 21.3. The van der Waals surface area contributed by atoms with E-state index in [1.165, 1.54) is 17.2 Å². The molecule has 0 amide bonds. The average Bonchev–Trinajstić information content (AvgIpc) is 3.30. The summed E-state index contributed by atoms with van der Waals surface area (Å²) in [5, 5.41) is 25.9. The number of benzene rings is 3. The van der Waals surface area contributed by atoms with Crippen molar-refractivity contribution in [2.24, 2.45) is 17.3 Å². The number of hydrogen-bond donors (Lipinski definition) is 3. The number of phenols is 1. The van der Waals surface area contributed by atoms with Crippen LogP contribution in [0.15, 0.2) is 60.7 Å². The Hall–Kier alpha value is -3.55. The number of rotatable bonds is 10. The molecule has 3 aromatic rings. The maximum absolute atomic E-state index is 12.7. The van der Waals surface area contributed by atoms with Crippen LogP contribution in [0.4, 0.5) is 0 Å². The van der Waals surface area contributed by atoms with Gasteiger partial charge in [-0.1, -0.05) is 32.4 Å². The van der Waals surface area contributed by atoms with E-state index in [9.17, 15) is 15.0 Å². The molecule has 0 aliphatic heterocycles. The number of ether oxygens (including phenoxy) is 3. The van der Waals surface area contributed by atoms with Crippen LogP contribution < -0.4 is 19.5 Å². The van der Waals surface area contributed by atoms with Crippen molar-refractivity contribution in [3.63, 3.8) is 0 Å². The molecule has 3 aromatic carbocycles. The lowest BCUT2D eigenvalue weighted by Gasteiger charge is -2.50. The quantitative estimate of drug-likeness (QED) is 0.134. The number of nitrogens with one attached hydrogen (secondary N) is 1. The summed E-state index contributed by atoms with van der Waals surface area (Å²) in [6, 6.07) is 18.3. The number of esters is 1. The summed E-state index contributed by atoms with van der Waals surface area (Å²) >= 11 is 0. The van der Waals surface area contributed by atoms with Crippen molar-refractivity contribution in [3.05, 3.63) is 82.9 Å². The van der Waals surface area contributed by atoms with Crippen molar-refractivity contribution in [1.82, 2.24) is 5.32 Å². The van der Waals surface area contributed by atoms with Gasteiger partial charge in [0, 0.05) is 24.2 Å². The molecule has 2 saturated carbocycles. The lowest BCUT2D eigenvalue weighted by molar-refractivity contribution is -0.0281. The Balaban J connectivity index is 1.06. The second-order valence-corrected chi connectivity index (χ2v) is 13.1. The van der Waals surface area contributed by atoms with Crippen molar-refractivity contribution >= 4 is 5.97 Å². The first-order valence-electron chi connectivity index (χ1n) is 16.2. The Morgan fingerprint density at radius 1 is 1.02 bits per heavy atom. The molecule has 3 aliphatic rings. The molecule has 0 bridgehead atoms. The Bertz CT molecular complexity index is 1470. The predicted octanol–water partition coefficient (Wildman–Crippen LogP) is 6.78. The van der Waals surface area contributed by atoms with Crippen molar-refractivity contribution < 1.29 is 29.2 Å². The van der Waals surface area contributed by atoms with E-state index >= 15 is 0 Å². The molecule has 3 aliphatic carbocycles. The van der Waals surface area contributed by atoms with Crippen molar-refractivity contribution in [2.45, 2.75) is 83.4 Å². The molecule has 3 unspecified atom stereocenters. The van der Waals surface area contributed by atoms with Gasteiger partial charge in [-0.25, -0.2) is 4.79 Å². The van der Waals surface area contributed by atoms with Crippen molar-refractivity contribution in [1.29, 1.82) is 0 Å². The number of phenolic OH excluding ortho intramolecular Hbond substituents is 1. The number of fused-ring (bicyclic) bond motifs is 5. The molecule has 2 fully saturated rings. The second-order valence-electron chi connectivity index (χ2n) is 13.1. The van der Waals surface area contributed by atoms with Crippen LogP contribution in [0.25, 0.3) is 0 Å². The third-order valence-corrected chi connectivity index (χ3v) is 10.6. The third-order valence-electron chi connectivity index (χ3n) is 10.6. The lowest BCUT2D eigenvalue weighted by atomic mass is 9.55. The SMILES string of the molecule is CCCCOc1ccc(C(=O)Oc2ccc(CN[C@H]3CC4C5CCc6cc(OC)ccc6C5CC[C@]4(C)[C@H]3O)c(O)c2)cc1. The van der Waals surface area contributed by atoms with E-state index in [0.717, 1.165) is 56.4 Å². The Kier molecular flexibility index (Phi) is 8.88. The zero-order chi connectivity index (χ0) is 30.8. The van der Waals surface area contributed by atoms with E-state index < -0.39 is 12.1 Å².